The van der Waals surface area contributed by atoms with Crippen molar-refractivity contribution in [1.82, 2.24) is 0 Å². The molecule has 2 aliphatic heterocycles. The van der Waals surface area contributed by atoms with Crippen LogP contribution in [0.15, 0.2) is 30.3 Å². The second-order valence-corrected chi connectivity index (χ2v) is 6.90. The maximum Gasteiger partial charge on any atom is 0.231 e. The van der Waals surface area contributed by atoms with Gasteiger partial charge in [0.15, 0.2) is 28.8 Å². The van der Waals surface area contributed by atoms with Crippen LogP contribution in [0.1, 0.15) is 41.3 Å². The average molecular weight is 338 g/mol. The normalized spacial score (nSPS) is 25.8. The van der Waals surface area contributed by atoms with E-state index in [2.05, 4.69) is 13.0 Å². The maximum atomic E-state index is 12.8. The Morgan fingerprint density at radius 1 is 0.840 bits per heavy atom. The van der Waals surface area contributed by atoms with E-state index < -0.39 is 0 Å². The number of benzene rings is 2. The van der Waals surface area contributed by atoms with Gasteiger partial charge in [-0.25, -0.2) is 0 Å². The highest BCUT2D eigenvalue weighted by Gasteiger charge is 2.40. The first-order chi connectivity index (χ1) is 12.1. The van der Waals surface area contributed by atoms with Crippen LogP contribution in [-0.2, 0) is 0 Å². The molecule has 0 fully saturated rings. The lowest BCUT2D eigenvalue weighted by atomic mass is 9.67. The number of carbonyl (C=O) groups is 1. The topological polar surface area (TPSA) is 54.0 Å². The number of ether oxygens (including phenoxy) is 4. The molecule has 0 N–H and O–H groups in total. The predicted molar refractivity (Wildman–Crippen MR) is 89.6 cm³/mol. The van der Waals surface area contributed by atoms with E-state index in [1.54, 1.807) is 0 Å². The van der Waals surface area contributed by atoms with Crippen LogP contribution in [-0.4, -0.2) is 19.4 Å². The Hall–Kier alpha value is -2.69. The molecule has 2 heterocycles. The molecule has 3 aliphatic rings. The molecule has 1 aliphatic carbocycles. The van der Waals surface area contributed by atoms with E-state index in [1.165, 1.54) is 0 Å². The van der Waals surface area contributed by atoms with Crippen LogP contribution in [0.2, 0.25) is 0 Å². The second-order valence-electron chi connectivity index (χ2n) is 6.90. The first-order valence-electron chi connectivity index (χ1n) is 8.51. The molecule has 3 atom stereocenters. The average Bonchev–Trinajstić information content (AvgIpc) is 3.26. The fourth-order valence-electron chi connectivity index (χ4n) is 4.07. The van der Waals surface area contributed by atoms with Gasteiger partial charge >= 0.3 is 0 Å². The van der Waals surface area contributed by atoms with Crippen molar-refractivity contribution in [2.75, 3.05) is 13.6 Å². The molecule has 128 valence electrons. The maximum absolute atomic E-state index is 12.8. The molecule has 5 nitrogen and oxygen atoms in total. The zero-order valence-corrected chi connectivity index (χ0v) is 14.1. The summed E-state index contributed by atoms with van der Waals surface area (Å²) in [6.07, 6.45) is 0. The van der Waals surface area contributed by atoms with E-state index in [-0.39, 0.29) is 37.1 Å². The van der Waals surface area contributed by atoms with Gasteiger partial charge in [0.2, 0.25) is 13.6 Å². The molecule has 5 rings (SSSR count). The minimum absolute atomic E-state index is 0.0664. The highest BCUT2D eigenvalue weighted by molar-refractivity contribution is 6.01. The third kappa shape index (κ3) is 2.05. The number of hydrogen-bond acceptors (Lipinski definition) is 5. The lowest BCUT2D eigenvalue weighted by Crippen LogP contribution is -2.32. The van der Waals surface area contributed by atoms with Gasteiger partial charge in [-0.2, -0.15) is 0 Å². The number of carbonyl (C=O) groups excluding carboxylic acids is 1. The third-order valence-electron chi connectivity index (χ3n) is 5.63. The van der Waals surface area contributed by atoms with Crippen LogP contribution in [0, 0.1) is 11.8 Å². The number of ketones is 1. The van der Waals surface area contributed by atoms with Crippen molar-refractivity contribution in [3.8, 4) is 23.0 Å². The van der Waals surface area contributed by atoms with Gasteiger partial charge in [0.25, 0.3) is 0 Å². The molecule has 2 aromatic rings. The van der Waals surface area contributed by atoms with Crippen molar-refractivity contribution in [2.45, 2.75) is 19.8 Å². The van der Waals surface area contributed by atoms with Crippen molar-refractivity contribution >= 4 is 5.78 Å². The first kappa shape index (κ1) is 14.6. The van der Waals surface area contributed by atoms with Crippen LogP contribution < -0.4 is 18.9 Å². The van der Waals surface area contributed by atoms with Gasteiger partial charge < -0.3 is 18.9 Å². The zero-order chi connectivity index (χ0) is 17.1. The Balaban J connectivity index is 1.69. The molecule has 0 radical (unpaired) electrons. The number of Topliss-reactive ketones (excluding diaryl/α,β-unsaturated/α-hetero) is 1. The minimum Gasteiger partial charge on any atom is -0.454 e. The van der Waals surface area contributed by atoms with Crippen LogP contribution in [0.5, 0.6) is 23.0 Å². The second kappa shape index (κ2) is 5.15. The third-order valence-corrected chi connectivity index (χ3v) is 5.63. The Kier molecular flexibility index (Phi) is 3.02. The van der Waals surface area contributed by atoms with Crippen molar-refractivity contribution < 1.29 is 23.7 Å². The molecule has 25 heavy (non-hydrogen) atoms. The van der Waals surface area contributed by atoms with E-state index >= 15 is 0 Å². The monoisotopic (exact) mass is 338 g/mol. The summed E-state index contributed by atoms with van der Waals surface area (Å²) < 4.78 is 22.0. The largest absolute Gasteiger partial charge is 0.454 e. The van der Waals surface area contributed by atoms with E-state index in [9.17, 15) is 4.79 Å². The Labute approximate surface area is 145 Å². The lowest BCUT2D eigenvalue weighted by Gasteiger charge is -2.35. The zero-order valence-electron chi connectivity index (χ0n) is 14.1. The summed E-state index contributed by atoms with van der Waals surface area (Å²) in [6, 6.07) is 9.83. The number of fused-ring (bicyclic) bond motifs is 3. The highest BCUT2D eigenvalue weighted by Crippen LogP contribution is 2.49. The molecule has 0 aromatic heterocycles. The summed E-state index contributed by atoms with van der Waals surface area (Å²) in [4.78, 5) is 12.8. The van der Waals surface area contributed by atoms with Crippen LogP contribution in [0.4, 0.5) is 0 Å². The number of hydrogen-bond donors (Lipinski definition) is 0. The molecule has 5 heteroatoms. The fraction of sp³-hybridized carbons (Fsp3) is 0.350. The minimum atomic E-state index is -0.0664. The predicted octanol–water partition coefficient (Wildman–Crippen LogP) is 3.74. The molecule has 0 amide bonds. The standard InChI is InChI=1S/C20H18O5/c1-10-11(2)20(21)14-7-18-17(24-9-25-18)6-13(14)19(10)12-3-4-15-16(5-12)23-8-22-15/h3-7,10-11,19H,8-9H2,1-2H3/t10-,11-,19+/m0/s1. The quantitative estimate of drug-likeness (QED) is 0.793. The molecule has 0 spiro atoms. The van der Waals surface area contributed by atoms with Crippen LogP contribution in [0.3, 0.4) is 0 Å². The summed E-state index contributed by atoms with van der Waals surface area (Å²) >= 11 is 0. The summed E-state index contributed by atoms with van der Waals surface area (Å²) in [6.45, 7) is 4.58. The summed E-state index contributed by atoms with van der Waals surface area (Å²) in [5.74, 6) is 3.24. The van der Waals surface area contributed by atoms with Crippen molar-refractivity contribution in [1.29, 1.82) is 0 Å². The highest BCUT2D eigenvalue weighted by atomic mass is 16.7. The summed E-state index contributed by atoms with van der Waals surface area (Å²) in [7, 11) is 0. The smallest absolute Gasteiger partial charge is 0.231 e. The van der Waals surface area contributed by atoms with E-state index in [4.69, 9.17) is 18.9 Å². The molecular formula is C20H18O5. The Bertz CT molecular complexity index is 888. The van der Waals surface area contributed by atoms with Gasteiger partial charge in [0.05, 0.1) is 0 Å². The molecule has 2 aromatic carbocycles. The van der Waals surface area contributed by atoms with Gasteiger partial charge in [-0.05, 0) is 41.3 Å². The molecule has 0 saturated carbocycles. The summed E-state index contributed by atoms with van der Waals surface area (Å²) in [5.41, 5.74) is 2.85. The Morgan fingerprint density at radius 2 is 1.48 bits per heavy atom. The van der Waals surface area contributed by atoms with E-state index in [0.29, 0.717) is 11.5 Å². The van der Waals surface area contributed by atoms with Gasteiger partial charge in [0, 0.05) is 17.4 Å². The van der Waals surface area contributed by atoms with Crippen LogP contribution >= 0.6 is 0 Å². The number of rotatable bonds is 1. The molecule has 0 unspecified atom stereocenters. The molecular weight excluding hydrogens is 320 g/mol. The first-order valence-corrected chi connectivity index (χ1v) is 8.51. The van der Waals surface area contributed by atoms with Gasteiger partial charge in [0.1, 0.15) is 0 Å². The van der Waals surface area contributed by atoms with Crippen molar-refractivity contribution in [3.05, 3.63) is 47.0 Å². The van der Waals surface area contributed by atoms with Gasteiger partial charge in [-0.1, -0.05) is 19.9 Å². The molecule has 0 saturated heterocycles. The van der Waals surface area contributed by atoms with Crippen molar-refractivity contribution in [3.63, 3.8) is 0 Å². The van der Waals surface area contributed by atoms with E-state index in [0.717, 1.165) is 28.2 Å². The molecule has 0 bridgehead atoms. The Morgan fingerprint density at radius 3 is 2.24 bits per heavy atom. The van der Waals surface area contributed by atoms with Crippen molar-refractivity contribution in [2.24, 2.45) is 11.8 Å². The fourth-order valence-corrected chi connectivity index (χ4v) is 4.07. The van der Waals surface area contributed by atoms with Gasteiger partial charge in [-0.3, -0.25) is 4.79 Å². The van der Waals surface area contributed by atoms with E-state index in [1.807, 2.05) is 31.2 Å². The SMILES string of the molecule is C[C@@H]1[C@H](c2ccc3c(c2)OCO3)c2cc3c(cc2C(=O)[C@H]1C)OCO3. The summed E-state index contributed by atoms with van der Waals surface area (Å²) in [5, 5.41) is 0. The lowest BCUT2D eigenvalue weighted by molar-refractivity contribution is 0.0866. The van der Waals surface area contributed by atoms with Crippen LogP contribution in [0.25, 0.3) is 0 Å². The van der Waals surface area contributed by atoms with Gasteiger partial charge in [-0.15, -0.1) is 0 Å².